The fourth-order valence-electron chi connectivity index (χ4n) is 4.48. The normalized spacial score (nSPS) is 25.2. The molecular formula is C20H40IN3O2. The van der Waals surface area contributed by atoms with Gasteiger partial charge >= 0.3 is 0 Å². The summed E-state index contributed by atoms with van der Waals surface area (Å²) in [4.78, 5) is 4.84. The topological polar surface area (TPSA) is 65.9 Å². The molecule has 0 bridgehead atoms. The van der Waals surface area contributed by atoms with Gasteiger partial charge in [0.25, 0.3) is 0 Å². The highest BCUT2D eigenvalue weighted by atomic mass is 127. The van der Waals surface area contributed by atoms with E-state index in [0.717, 1.165) is 44.9 Å². The van der Waals surface area contributed by atoms with Gasteiger partial charge < -0.3 is 20.5 Å². The van der Waals surface area contributed by atoms with Crippen molar-refractivity contribution in [2.45, 2.75) is 78.4 Å². The van der Waals surface area contributed by atoms with E-state index in [1.54, 1.807) is 0 Å². The molecule has 3 atom stereocenters. The molecule has 1 spiro atoms. The number of aliphatic hydroxyl groups excluding tert-OH is 1. The summed E-state index contributed by atoms with van der Waals surface area (Å²) in [5.41, 5.74) is 0.342. The van der Waals surface area contributed by atoms with E-state index in [1.807, 2.05) is 0 Å². The van der Waals surface area contributed by atoms with Crippen LogP contribution in [0.3, 0.4) is 0 Å². The third-order valence-electron chi connectivity index (χ3n) is 5.94. The van der Waals surface area contributed by atoms with Crippen molar-refractivity contribution >= 4 is 29.9 Å². The molecule has 3 N–H and O–H groups in total. The van der Waals surface area contributed by atoms with E-state index in [9.17, 15) is 5.11 Å². The number of nitrogens with zero attached hydrogens (tertiary/aromatic N) is 1. The second-order valence-electron chi connectivity index (χ2n) is 8.19. The molecule has 3 unspecified atom stereocenters. The van der Waals surface area contributed by atoms with Crippen molar-refractivity contribution in [3.8, 4) is 0 Å². The predicted molar refractivity (Wildman–Crippen MR) is 119 cm³/mol. The third-order valence-corrected chi connectivity index (χ3v) is 5.94. The minimum atomic E-state index is 0. The van der Waals surface area contributed by atoms with Crippen LogP contribution in [0.2, 0.25) is 0 Å². The highest BCUT2D eigenvalue weighted by Crippen LogP contribution is 2.57. The molecule has 2 fully saturated rings. The Morgan fingerprint density at radius 1 is 1.31 bits per heavy atom. The van der Waals surface area contributed by atoms with E-state index in [-0.39, 0.29) is 30.6 Å². The van der Waals surface area contributed by atoms with E-state index in [0.29, 0.717) is 29.4 Å². The number of hydrogen-bond donors (Lipinski definition) is 3. The van der Waals surface area contributed by atoms with Gasteiger partial charge in [-0.1, -0.05) is 20.3 Å². The van der Waals surface area contributed by atoms with Gasteiger partial charge in [-0.05, 0) is 57.8 Å². The standard InChI is InChI=1S/C20H39N3O2.HI/c1-5-21-19(22-14-16(8-11-24)12-15(3)4)23-17-13-18(25-6-2)20(17)9-7-10-20;/h15-18,24H,5-14H2,1-4H3,(H2,21,22,23);1H. The Bertz CT molecular complexity index is 427. The lowest BCUT2D eigenvalue weighted by Gasteiger charge is -2.61. The van der Waals surface area contributed by atoms with Gasteiger partial charge in [0, 0.05) is 37.8 Å². The van der Waals surface area contributed by atoms with Gasteiger partial charge in [-0.2, -0.15) is 0 Å². The molecule has 0 heterocycles. The van der Waals surface area contributed by atoms with Crippen LogP contribution in [0.25, 0.3) is 0 Å². The molecule has 2 aliphatic carbocycles. The number of aliphatic hydroxyl groups is 1. The molecule has 6 heteroatoms. The summed E-state index contributed by atoms with van der Waals surface area (Å²) >= 11 is 0. The summed E-state index contributed by atoms with van der Waals surface area (Å²) in [6.45, 7) is 11.4. The Labute approximate surface area is 177 Å². The van der Waals surface area contributed by atoms with Gasteiger partial charge in [-0.25, -0.2) is 0 Å². The molecule has 0 aromatic carbocycles. The van der Waals surface area contributed by atoms with Crippen LogP contribution in [0.15, 0.2) is 4.99 Å². The molecule has 2 saturated carbocycles. The summed E-state index contributed by atoms with van der Waals surface area (Å²) < 4.78 is 5.95. The lowest BCUT2D eigenvalue weighted by atomic mass is 9.51. The molecule has 0 radical (unpaired) electrons. The maximum Gasteiger partial charge on any atom is 0.191 e. The van der Waals surface area contributed by atoms with Crippen molar-refractivity contribution in [1.82, 2.24) is 10.6 Å². The Morgan fingerprint density at radius 2 is 2.04 bits per heavy atom. The second kappa shape index (κ2) is 11.7. The molecule has 0 saturated heterocycles. The van der Waals surface area contributed by atoms with Crippen LogP contribution < -0.4 is 10.6 Å². The lowest BCUT2D eigenvalue weighted by Crippen LogP contribution is -2.68. The van der Waals surface area contributed by atoms with Gasteiger partial charge in [0.15, 0.2) is 5.96 Å². The molecule has 154 valence electrons. The number of ether oxygens (including phenoxy) is 1. The first-order chi connectivity index (χ1) is 12.1. The molecule has 5 nitrogen and oxygen atoms in total. The highest BCUT2D eigenvalue weighted by molar-refractivity contribution is 14.0. The van der Waals surface area contributed by atoms with E-state index in [4.69, 9.17) is 9.73 Å². The first kappa shape index (κ1) is 24.0. The first-order valence-corrected chi connectivity index (χ1v) is 10.3. The number of halogens is 1. The number of aliphatic imine (C=N–C) groups is 1. The molecule has 26 heavy (non-hydrogen) atoms. The van der Waals surface area contributed by atoms with Gasteiger partial charge in [0.2, 0.25) is 0 Å². The minimum absolute atomic E-state index is 0. The lowest BCUT2D eigenvalue weighted by molar-refractivity contribution is -0.168. The monoisotopic (exact) mass is 481 g/mol. The zero-order valence-corrected chi connectivity index (χ0v) is 19.4. The molecule has 0 aliphatic heterocycles. The molecule has 0 aromatic rings. The van der Waals surface area contributed by atoms with Crippen LogP contribution in [0, 0.1) is 17.3 Å². The summed E-state index contributed by atoms with van der Waals surface area (Å²) in [6, 6.07) is 0.483. The van der Waals surface area contributed by atoms with E-state index >= 15 is 0 Å². The summed E-state index contributed by atoms with van der Waals surface area (Å²) in [6.07, 6.45) is 7.33. The number of nitrogens with one attached hydrogen (secondary N) is 2. The SMILES string of the molecule is CCNC(=NCC(CCO)CC(C)C)NC1CC(OCC)C12CCC2.I. The van der Waals surface area contributed by atoms with Crippen LogP contribution in [-0.4, -0.2) is 49.5 Å². The average Bonchev–Trinajstić information content (AvgIpc) is 2.49. The third kappa shape index (κ3) is 5.96. The number of rotatable bonds is 10. The maximum absolute atomic E-state index is 9.30. The summed E-state index contributed by atoms with van der Waals surface area (Å²) in [5, 5.41) is 16.4. The zero-order valence-electron chi connectivity index (χ0n) is 17.1. The summed E-state index contributed by atoms with van der Waals surface area (Å²) in [5.74, 6) is 2.02. The maximum atomic E-state index is 9.30. The molecule has 0 aromatic heterocycles. The van der Waals surface area contributed by atoms with Crippen molar-refractivity contribution in [3.05, 3.63) is 0 Å². The second-order valence-corrected chi connectivity index (χ2v) is 8.19. The van der Waals surface area contributed by atoms with Crippen LogP contribution >= 0.6 is 24.0 Å². The minimum Gasteiger partial charge on any atom is -0.396 e. The average molecular weight is 481 g/mol. The summed E-state index contributed by atoms with van der Waals surface area (Å²) in [7, 11) is 0. The van der Waals surface area contributed by atoms with Crippen molar-refractivity contribution in [3.63, 3.8) is 0 Å². The van der Waals surface area contributed by atoms with Crippen molar-refractivity contribution in [2.75, 3.05) is 26.3 Å². The molecule has 2 aliphatic rings. The number of hydrogen-bond acceptors (Lipinski definition) is 3. The molecule has 2 rings (SSSR count). The Hall–Kier alpha value is -0.0800. The van der Waals surface area contributed by atoms with Gasteiger partial charge in [-0.15, -0.1) is 24.0 Å². The fraction of sp³-hybridized carbons (Fsp3) is 0.950. The quantitative estimate of drug-likeness (QED) is 0.254. The van der Waals surface area contributed by atoms with Crippen LogP contribution in [-0.2, 0) is 4.74 Å². The van der Waals surface area contributed by atoms with Gasteiger partial charge in [0.05, 0.1) is 6.10 Å². The molecular weight excluding hydrogens is 441 g/mol. The number of guanidine groups is 1. The van der Waals surface area contributed by atoms with E-state index in [2.05, 4.69) is 38.3 Å². The Morgan fingerprint density at radius 3 is 2.54 bits per heavy atom. The van der Waals surface area contributed by atoms with Gasteiger partial charge in [-0.3, -0.25) is 4.99 Å². The predicted octanol–water partition coefficient (Wildman–Crippen LogP) is 3.55. The van der Waals surface area contributed by atoms with E-state index < -0.39 is 0 Å². The molecule has 0 amide bonds. The zero-order chi connectivity index (χ0) is 18.3. The largest absolute Gasteiger partial charge is 0.396 e. The highest BCUT2D eigenvalue weighted by Gasteiger charge is 2.59. The Balaban J connectivity index is 0.00000338. The van der Waals surface area contributed by atoms with Gasteiger partial charge in [0.1, 0.15) is 0 Å². The van der Waals surface area contributed by atoms with Crippen LogP contribution in [0.4, 0.5) is 0 Å². The van der Waals surface area contributed by atoms with Crippen LogP contribution in [0.1, 0.15) is 66.2 Å². The first-order valence-electron chi connectivity index (χ1n) is 10.3. The van der Waals surface area contributed by atoms with Crippen molar-refractivity contribution in [1.29, 1.82) is 0 Å². The fourth-order valence-corrected chi connectivity index (χ4v) is 4.48. The smallest absolute Gasteiger partial charge is 0.191 e. The van der Waals surface area contributed by atoms with Crippen LogP contribution in [0.5, 0.6) is 0 Å². The van der Waals surface area contributed by atoms with Crippen molar-refractivity contribution < 1.29 is 9.84 Å². The Kier molecular flexibility index (Phi) is 10.8. The van der Waals surface area contributed by atoms with E-state index in [1.165, 1.54) is 19.3 Å². The van der Waals surface area contributed by atoms with Crippen molar-refractivity contribution in [2.24, 2.45) is 22.2 Å².